The van der Waals surface area contributed by atoms with Crippen molar-refractivity contribution in [1.82, 2.24) is 15.3 Å². The zero-order valence-electron chi connectivity index (χ0n) is 10.2. The molecule has 4 heteroatoms. The molecule has 90 valence electrons. The van der Waals surface area contributed by atoms with Gasteiger partial charge in [0.05, 0.1) is 5.69 Å². The van der Waals surface area contributed by atoms with Gasteiger partial charge in [0, 0.05) is 42.0 Å². The molecule has 0 radical (unpaired) electrons. The molecule has 0 aliphatic carbocycles. The first-order valence-electron chi connectivity index (χ1n) is 5.68. The van der Waals surface area contributed by atoms with Gasteiger partial charge in [-0.05, 0) is 11.4 Å². The Kier molecular flexibility index (Phi) is 3.86. The van der Waals surface area contributed by atoms with Crippen LogP contribution in [0, 0.1) is 0 Å². The molecule has 2 aromatic heterocycles. The Balaban J connectivity index is 1.86. The van der Waals surface area contributed by atoms with Gasteiger partial charge in [-0.25, -0.2) is 0 Å². The molecule has 0 spiro atoms. The second kappa shape index (κ2) is 5.38. The highest BCUT2D eigenvalue weighted by atomic mass is 32.1. The standard InChI is InChI=1S/C13H17N3S/c1-13(2,12-4-3-7-17-12)10-15-9-11-8-14-5-6-16-11/h3-8,15H,9-10H2,1-2H3. The van der Waals surface area contributed by atoms with Crippen molar-refractivity contribution in [2.45, 2.75) is 25.8 Å². The molecule has 0 aromatic carbocycles. The maximum Gasteiger partial charge on any atom is 0.0724 e. The predicted molar refractivity (Wildman–Crippen MR) is 71.1 cm³/mol. The van der Waals surface area contributed by atoms with Crippen LogP contribution >= 0.6 is 11.3 Å². The maximum atomic E-state index is 4.24. The molecule has 0 unspecified atom stereocenters. The van der Waals surface area contributed by atoms with Crippen molar-refractivity contribution >= 4 is 11.3 Å². The van der Waals surface area contributed by atoms with Crippen LogP contribution in [0.4, 0.5) is 0 Å². The van der Waals surface area contributed by atoms with Gasteiger partial charge in [0.25, 0.3) is 0 Å². The molecule has 0 fully saturated rings. The van der Waals surface area contributed by atoms with E-state index in [9.17, 15) is 0 Å². The summed E-state index contributed by atoms with van der Waals surface area (Å²) in [5.74, 6) is 0. The normalized spacial score (nSPS) is 11.6. The summed E-state index contributed by atoms with van der Waals surface area (Å²) in [6.07, 6.45) is 5.21. The van der Waals surface area contributed by atoms with E-state index >= 15 is 0 Å². The summed E-state index contributed by atoms with van der Waals surface area (Å²) in [6.45, 7) is 6.21. The molecule has 0 saturated heterocycles. The molecule has 0 aliphatic heterocycles. The fourth-order valence-corrected chi connectivity index (χ4v) is 2.53. The van der Waals surface area contributed by atoms with Crippen molar-refractivity contribution in [2.24, 2.45) is 0 Å². The summed E-state index contributed by atoms with van der Waals surface area (Å²) < 4.78 is 0. The maximum absolute atomic E-state index is 4.24. The minimum Gasteiger partial charge on any atom is -0.310 e. The zero-order chi connectivity index (χ0) is 12.1. The summed E-state index contributed by atoms with van der Waals surface area (Å²) in [5.41, 5.74) is 1.14. The Hall–Kier alpha value is -1.26. The van der Waals surface area contributed by atoms with Crippen molar-refractivity contribution in [2.75, 3.05) is 6.54 Å². The van der Waals surface area contributed by atoms with Crippen LogP contribution in [0.2, 0.25) is 0 Å². The zero-order valence-corrected chi connectivity index (χ0v) is 11.0. The van der Waals surface area contributed by atoms with Crippen molar-refractivity contribution in [3.05, 3.63) is 46.7 Å². The van der Waals surface area contributed by atoms with Gasteiger partial charge in [0.1, 0.15) is 0 Å². The molecule has 0 aliphatic rings. The lowest BCUT2D eigenvalue weighted by atomic mass is 9.91. The Labute approximate surface area is 106 Å². The summed E-state index contributed by atoms with van der Waals surface area (Å²) in [5, 5.41) is 5.56. The summed E-state index contributed by atoms with van der Waals surface area (Å²) >= 11 is 1.81. The minimum absolute atomic E-state index is 0.163. The van der Waals surface area contributed by atoms with E-state index in [0.717, 1.165) is 18.8 Å². The summed E-state index contributed by atoms with van der Waals surface area (Å²) in [6, 6.07) is 4.29. The number of hydrogen-bond donors (Lipinski definition) is 1. The van der Waals surface area contributed by atoms with E-state index < -0.39 is 0 Å². The van der Waals surface area contributed by atoms with Crippen LogP contribution in [0.3, 0.4) is 0 Å². The fourth-order valence-electron chi connectivity index (χ4n) is 1.68. The van der Waals surface area contributed by atoms with E-state index in [-0.39, 0.29) is 5.41 Å². The number of hydrogen-bond acceptors (Lipinski definition) is 4. The van der Waals surface area contributed by atoms with Crippen LogP contribution in [0.15, 0.2) is 36.1 Å². The molecule has 2 rings (SSSR count). The van der Waals surface area contributed by atoms with E-state index in [1.807, 2.05) is 11.3 Å². The Morgan fingerprint density at radius 3 is 2.88 bits per heavy atom. The average molecular weight is 247 g/mol. The lowest BCUT2D eigenvalue weighted by molar-refractivity contribution is 0.474. The topological polar surface area (TPSA) is 37.8 Å². The third-order valence-corrected chi connectivity index (χ3v) is 3.91. The van der Waals surface area contributed by atoms with E-state index in [1.165, 1.54) is 4.88 Å². The first kappa shape index (κ1) is 12.2. The predicted octanol–water partition coefficient (Wildman–Crippen LogP) is 2.61. The third-order valence-electron chi connectivity index (χ3n) is 2.68. The van der Waals surface area contributed by atoms with Crippen molar-refractivity contribution in [3.63, 3.8) is 0 Å². The van der Waals surface area contributed by atoms with Crippen molar-refractivity contribution < 1.29 is 0 Å². The van der Waals surface area contributed by atoms with Crippen LogP contribution in [-0.4, -0.2) is 16.5 Å². The molecule has 3 nitrogen and oxygen atoms in total. The first-order valence-corrected chi connectivity index (χ1v) is 6.56. The van der Waals surface area contributed by atoms with Gasteiger partial charge in [-0.2, -0.15) is 0 Å². The molecular formula is C13H17N3S. The van der Waals surface area contributed by atoms with Gasteiger partial charge in [0.2, 0.25) is 0 Å². The molecule has 2 heterocycles. The smallest absolute Gasteiger partial charge is 0.0724 e. The Morgan fingerprint density at radius 1 is 1.35 bits per heavy atom. The highest BCUT2D eigenvalue weighted by Crippen LogP contribution is 2.26. The van der Waals surface area contributed by atoms with Gasteiger partial charge >= 0.3 is 0 Å². The Morgan fingerprint density at radius 2 is 2.24 bits per heavy atom. The summed E-state index contributed by atoms with van der Waals surface area (Å²) in [7, 11) is 0. The lowest BCUT2D eigenvalue weighted by Crippen LogP contribution is -2.32. The molecular weight excluding hydrogens is 230 g/mol. The number of thiophene rings is 1. The van der Waals surface area contributed by atoms with Crippen LogP contribution in [0.1, 0.15) is 24.4 Å². The van der Waals surface area contributed by atoms with Crippen LogP contribution in [0.25, 0.3) is 0 Å². The molecule has 0 bridgehead atoms. The first-order chi connectivity index (χ1) is 8.18. The number of nitrogens with zero attached hydrogens (tertiary/aromatic N) is 2. The SMILES string of the molecule is CC(C)(CNCc1cnccn1)c1cccs1. The van der Waals surface area contributed by atoms with Crippen LogP contribution in [-0.2, 0) is 12.0 Å². The van der Waals surface area contributed by atoms with Crippen LogP contribution < -0.4 is 5.32 Å². The molecule has 1 N–H and O–H groups in total. The molecule has 0 amide bonds. The third kappa shape index (κ3) is 3.35. The van der Waals surface area contributed by atoms with Gasteiger partial charge in [-0.15, -0.1) is 11.3 Å². The quantitative estimate of drug-likeness (QED) is 0.882. The lowest BCUT2D eigenvalue weighted by Gasteiger charge is -2.23. The molecule has 0 atom stereocenters. The van der Waals surface area contributed by atoms with Gasteiger partial charge in [0.15, 0.2) is 0 Å². The minimum atomic E-state index is 0.163. The average Bonchev–Trinajstić information content (AvgIpc) is 2.84. The Bertz CT molecular complexity index is 437. The van der Waals surface area contributed by atoms with Gasteiger partial charge < -0.3 is 5.32 Å². The molecule has 0 saturated carbocycles. The van der Waals surface area contributed by atoms with Gasteiger partial charge in [-0.1, -0.05) is 19.9 Å². The second-order valence-electron chi connectivity index (χ2n) is 4.66. The van der Waals surface area contributed by atoms with E-state index in [2.05, 4.69) is 46.6 Å². The largest absolute Gasteiger partial charge is 0.310 e. The number of rotatable bonds is 5. The molecule has 2 aromatic rings. The molecule has 17 heavy (non-hydrogen) atoms. The number of nitrogens with one attached hydrogen (secondary N) is 1. The number of aromatic nitrogens is 2. The van der Waals surface area contributed by atoms with Crippen molar-refractivity contribution in [3.8, 4) is 0 Å². The van der Waals surface area contributed by atoms with Crippen molar-refractivity contribution in [1.29, 1.82) is 0 Å². The van der Waals surface area contributed by atoms with E-state index in [1.54, 1.807) is 18.6 Å². The monoisotopic (exact) mass is 247 g/mol. The van der Waals surface area contributed by atoms with Crippen LogP contribution in [0.5, 0.6) is 0 Å². The second-order valence-corrected chi connectivity index (χ2v) is 5.61. The summed E-state index contributed by atoms with van der Waals surface area (Å²) in [4.78, 5) is 9.69. The van der Waals surface area contributed by atoms with Gasteiger partial charge in [-0.3, -0.25) is 9.97 Å². The van der Waals surface area contributed by atoms with E-state index in [0.29, 0.717) is 0 Å². The van der Waals surface area contributed by atoms with E-state index in [4.69, 9.17) is 0 Å². The highest BCUT2D eigenvalue weighted by molar-refractivity contribution is 7.10. The highest BCUT2D eigenvalue weighted by Gasteiger charge is 2.20. The fraction of sp³-hybridized carbons (Fsp3) is 0.385.